The van der Waals surface area contributed by atoms with Gasteiger partial charge in [0.15, 0.2) is 0 Å². The van der Waals surface area contributed by atoms with Gasteiger partial charge in [-0.05, 0) is 35.4 Å². The van der Waals surface area contributed by atoms with Gasteiger partial charge < -0.3 is 0 Å². The van der Waals surface area contributed by atoms with Crippen molar-refractivity contribution in [2.75, 3.05) is 0 Å². The lowest BCUT2D eigenvalue weighted by molar-refractivity contribution is -0.156. The van der Waals surface area contributed by atoms with E-state index >= 15 is 0 Å². The molecule has 3 rings (SSSR count). The second kappa shape index (κ2) is 8.67. The number of sulfonamides is 1. The number of nitrogens with zero attached hydrogens (tertiary/aromatic N) is 2. The van der Waals surface area contributed by atoms with Crippen molar-refractivity contribution in [3.63, 3.8) is 0 Å². The Balaban J connectivity index is 2.18. The van der Waals surface area contributed by atoms with Gasteiger partial charge in [0.05, 0.1) is 22.6 Å². The van der Waals surface area contributed by atoms with Crippen LogP contribution < -0.4 is 10.7 Å². The predicted octanol–water partition coefficient (Wildman–Crippen LogP) is 4.03. The molecule has 0 fully saturated rings. The number of aromatic nitrogens is 2. The van der Waals surface area contributed by atoms with E-state index in [-0.39, 0.29) is 16.0 Å². The molecule has 168 valence electrons. The van der Waals surface area contributed by atoms with E-state index in [0.717, 1.165) is 36.0 Å². The zero-order chi connectivity index (χ0) is 23.7. The minimum atomic E-state index is -4.48. The lowest BCUT2D eigenvalue weighted by Gasteiger charge is -2.13. The normalized spacial score (nSPS) is 13.4. The number of hydrogen-bond acceptors (Lipinski definition) is 4. The van der Waals surface area contributed by atoms with E-state index in [1.165, 1.54) is 42.6 Å². The quantitative estimate of drug-likeness (QED) is 0.573. The van der Waals surface area contributed by atoms with E-state index in [0.29, 0.717) is 11.1 Å². The maximum absolute atomic E-state index is 13.4. The highest BCUT2D eigenvalue weighted by atomic mass is 32.2. The first-order valence-corrected chi connectivity index (χ1v) is 10.7. The van der Waals surface area contributed by atoms with Crippen LogP contribution in [0.25, 0.3) is 28.5 Å². The molecule has 0 saturated heterocycles. The molecule has 2 aromatic carbocycles. The number of primary sulfonamides is 1. The standard InChI is InChI=1S/C21H17F4N3O3S/c1-13(21(23,24)25)10-11-28-20(29)19(15-2-6-16(22)7-3-15)18(12-27-28)14-4-8-17(9-5-14)32(26,30)31/h2-13H,1H3,(H2,26,30,31). The fourth-order valence-corrected chi connectivity index (χ4v) is 3.35. The lowest BCUT2D eigenvalue weighted by Crippen LogP contribution is -2.22. The number of benzene rings is 2. The first-order chi connectivity index (χ1) is 14.9. The van der Waals surface area contributed by atoms with Crippen LogP contribution >= 0.6 is 0 Å². The van der Waals surface area contributed by atoms with Gasteiger partial charge in [-0.1, -0.05) is 37.3 Å². The molecule has 32 heavy (non-hydrogen) atoms. The average molecular weight is 467 g/mol. The number of nitrogens with two attached hydrogens (primary N) is 1. The van der Waals surface area contributed by atoms with Crippen LogP contribution in [0.15, 0.2) is 70.5 Å². The molecule has 0 aliphatic carbocycles. The molecular weight excluding hydrogens is 450 g/mol. The van der Waals surface area contributed by atoms with Gasteiger partial charge in [-0.15, -0.1) is 0 Å². The zero-order valence-corrected chi connectivity index (χ0v) is 17.4. The fourth-order valence-electron chi connectivity index (χ4n) is 2.83. The SMILES string of the molecule is CC(C=Cn1ncc(-c2ccc(S(N)(=O)=O)cc2)c(-c2ccc(F)cc2)c1=O)C(F)(F)F. The summed E-state index contributed by atoms with van der Waals surface area (Å²) in [4.78, 5) is 13.0. The monoisotopic (exact) mass is 467 g/mol. The smallest absolute Gasteiger partial charge is 0.267 e. The van der Waals surface area contributed by atoms with Crippen molar-refractivity contribution in [2.45, 2.75) is 18.0 Å². The van der Waals surface area contributed by atoms with Gasteiger partial charge in [-0.25, -0.2) is 22.6 Å². The molecule has 0 saturated carbocycles. The van der Waals surface area contributed by atoms with Gasteiger partial charge >= 0.3 is 6.18 Å². The van der Waals surface area contributed by atoms with E-state index in [2.05, 4.69) is 5.10 Å². The van der Waals surface area contributed by atoms with Crippen LogP contribution in [-0.2, 0) is 10.0 Å². The summed E-state index contributed by atoms with van der Waals surface area (Å²) < 4.78 is 75.5. The minimum Gasteiger partial charge on any atom is -0.267 e. The van der Waals surface area contributed by atoms with E-state index in [1.807, 2.05) is 0 Å². The summed E-state index contributed by atoms with van der Waals surface area (Å²) >= 11 is 0. The van der Waals surface area contributed by atoms with Crippen LogP contribution in [0, 0.1) is 11.7 Å². The highest BCUT2D eigenvalue weighted by Gasteiger charge is 2.34. The van der Waals surface area contributed by atoms with Crippen molar-refractivity contribution in [1.82, 2.24) is 9.78 Å². The molecule has 0 aliphatic rings. The Morgan fingerprint density at radius 3 is 2.12 bits per heavy atom. The molecule has 1 heterocycles. The molecule has 6 nitrogen and oxygen atoms in total. The van der Waals surface area contributed by atoms with Crippen molar-refractivity contribution < 1.29 is 26.0 Å². The molecule has 2 N–H and O–H groups in total. The molecule has 0 bridgehead atoms. The van der Waals surface area contributed by atoms with E-state index < -0.39 is 33.5 Å². The second-order valence-electron chi connectivity index (χ2n) is 6.93. The number of alkyl halides is 3. The molecule has 11 heteroatoms. The highest BCUT2D eigenvalue weighted by molar-refractivity contribution is 7.89. The predicted molar refractivity (Wildman–Crippen MR) is 111 cm³/mol. The second-order valence-corrected chi connectivity index (χ2v) is 8.49. The number of hydrogen-bond donors (Lipinski definition) is 1. The number of rotatable bonds is 5. The van der Waals surface area contributed by atoms with Crippen LogP contribution in [0.2, 0.25) is 0 Å². The van der Waals surface area contributed by atoms with Crippen LogP contribution in [-0.4, -0.2) is 24.4 Å². The average Bonchev–Trinajstić information content (AvgIpc) is 2.72. The minimum absolute atomic E-state index is 0.0488. The largest absolute Gasteiger partial charge is 0.394 e. The third-order valence-electron chi connectivity index (χ3n) is 4.66. The molecule has 0 aliphatic heterocycles. The topological polar surface area (TPSA) is 95.1 Å². The maximum Gasteiger partial charge on any atom is 0.394 e. The summed E-state index contributed by atoms with van der Waals surface area (Å²) in [5.41, 5.74) is 0.287. The van der Waals surface area contributed by atoms with E-state index in [1.54, 1.807) is 0 Å². The molecule has 0 spiro atoms. The van der Waals surface area contributed by atoms with Gasteiger partial charge in [-0.2, -0.15) is 18.3 Å². The number of halogens is 4. The lowest BCUT2D eigenvalue weighted by atomic mass is 9.97. The van der Waals surface area contributed by atoms with Crippen LogP contribution in [0.5, 0.6) is 0 Å². The van der Waals surface area contributed by atoms with Crippen molar-refractivity contribution in [3.05, 3.63) is 77.0 Å². The molecule has 3 aromatic rings. The molecule has 0 amide bonds. The Hall–Kier alpha value is -3.31. The van der Waals surface area contributed by atoms with Crippen LogP contribution in [0.3, 0.4) is 0 Å². The van der Waals surface area contributed by atoms with Gasteiger partial charge in [0.2, 0.25) is 10.0 Å². The Kier molecular flexibility index (Phi) is 6.33. The number of allylic oxidation sites excluding steroid dienone is 1. The summed E-state index contributed by atoms with van der Waals surface area (Å²) in [6, 6.07) is 10.3. The zero-order valence-electron chi connectivity index (χ0n) is 16.5. The Morgan fingerprint density at radius 1 is 1.03 bits per heavy atom. The third-order valence-corrected chi connectivity index (χ3v) is 5.59. The Morgan fingerprint density at radius 2 is 1.59 bits per heavy atom. The fraction of sp³-hybridized carbons (Fsp3) is 0.143. The first-order valence-electron chi connectivity index (χ1n) is 9.14. The summed E-state index contributed by atoms with van der Waals surface area (Å²) in [6.07, 6.45) is -1.51. The van der Waals surface area contributed by atoms with Gasteiger partial charge in [0, 0.05) is 11.8 Å². The summed E-state index contributed by atoms with van der Waals surface area (Å²) in [5, 5.41) is 9.01. The third kappa shape index (κ3) is 5.11. The molecule has 1 atom stereocenters. The van der Waals surface area contributed by atoms with Crippen molar-refractivity contribution in [1.29, 1.82) is 0 Å². The summed E-state index contributed by atoms with van der Waals surface area (Å²) in [6.45, 7) is 0.934. The van der Waals surface area contributed by atoms with Crippen LogP contribution in [0.4, 0.5) is 17.6 Å². The van der Waals surface area contributed by atoms with Gasteiger partial charge in [0.1, 0.15) is 5.82 Å². The van der Waals surface area contributed by atoms with Crippen molar-refractivity contribution >= 4 is 16.2 Å². The van der Waals surface area contributed by atoms with Crippen LogP contribution in [0.1, 0.15) is 6.92 Å². The Labute approximate surface area is 180 Å². The Bertz CT molecular complexity index is 1310. The summed E-state index contributed by atoms with van der Waals surface area (Å²) in [5.74, 6) is -2.35. The molecule has 1 aromatic heterocycles. The summed E-state index contributed by atoms with van der Waals surface area (Å²) in [7, 11) is -3.94. The maximum atomic E-state index is 13.4. The highest BCUT2D eigenvalue weighted by Crippen LogP contribution is 2.30. The van der Waals surface area contributed by atoms with Crippen molar-refractivity contribution in [2.24, 2.45) is 11.1 Å². The molecule has 0 radical (unpaired) electrons. The first kappa shape index (κ1) is 23.4. The van der Waals surface area contributed by atoms with Crippen molar-refractivity contribution in [3.8, 4) is 22.3 Å². The molecule has 1 unspecified atom stereocenters. The molecular formula is C21H17F4N3O3S. The van der Waals surface area contributed by atoms with E-state index in [4.69, 9.17) is 5.14 Å². The van der Waals surface area contributed by atoms with E-state index in [9.17, 15) is 30.8 Å². The van der Waals surface area contributed by atoms with Gasteiger partial charge in [0.25, 0.3) is 5.56 Å². The van der Waals surface area contributed by atoms with Gasteiger partial charge in [-0.3, -0.25) is 4.79 Å².